The number of imidazole rings is 1. The molecule has 4 N–H and O–H groups in total. The molecule has 0 fully saturated rings. The van der Waals surface area contributed by atoms with Gasteiger partial charge < -0.3 is 4.98 Å². The lowest BCUT2D eigenvalue weighted by Crippen LogP contribution is -2.30. The molecule has 0 aliphatic carbocycles. The van der Waals surface area contributed by atoms with E-state index in [0.717, 1.165) is 5.56 Å². The fourth-order valence-electron chi connectivity index (χ4n) is 1.39. The molecule has 0 aromatic carbocycles. The summed E-state index contributed by atoms with van der Waals surface area (Å²) in [5.41, 5.74) is 3.83. The zero-order chi connectivity index (χ0) is 11.5. The van der Waals surface area contributed by atoms with Gasteiger partial charge in [0.05, 0.1) is 0 Å². The molecule has 82 valence electrons. The van der Waals surface area contributed by atoms with E-state index in [1.807, 2.05) is 11.5 Å². The van der Waals surface area contributed by atoms with Gasteiger partial charge in [0, 0.05) is 23.7 Å². The first-order chi connectivity index (χ1) is 7.72. The van der Waals surface area contributed by atoms with Crippen LogP contribution in [0.25, 0.3) is 11.4 Å². The van der Waals surface area contributed by atoms with E-state index in [0.29, 0.717) is 17.2 Å². The second kappa shape index (κ2) is 4.11. The number of amides is 1. The fourth-order valence-corrected chi connectivity index (χ4v) is 1.39. The summed E-state index contributed by atoms with van der Waals surface area (Å²) in [5, 5.41) is 0. The highest BCUT2D eigenvalue weighted by Crippen LogP contribution is 2.16. The number of pyridine rings is 1. The number of aryl methyl sites for hydroxylation is 1. The maximum Gasteiger partial charge on any atom is 0.285 e. The Labute approximate surface area is 91.9 Å². The highest BCUT2D eigenvalue weighted by Gasteiger charge is 2.14. The van der Waals surface area contributed by atoms with Crippen molar-refractivity contribution in [2.45, 2.75) is 6.92 Å². The van der Waals surface area contributed by atoms with Crippen molar-refractivity contribution in [1.29, 1.82) is 0 Å². The number of nitrogens with one attached hydrogen (secondary N) is 2. The molecule has 2 aromatic heterocycles. The van der Waals surface area contributed by atoms with Crippen molar-refractivity contribution >= 4 is 5.91 Å². The molecule has 1 amide bonds. The monoisotopic (exact) mass is 217 g/mol. The molecule has 6 nitrogen and oxygen atoms in total. The van der Waals surface area contributed by atoms with Gasteiger partial charge in [0.1, 0.15) is 5.82 Å². The van der Waals surface area contributed by atoms with Crippen molar-refractivity contribution in [3.8, 4) is 11.4 Å². The predicted molar refractivity (Wildman–Crippen MR) is 58.2 cm³/mol. The smallest absolute Gasteiger partial charge is 0.285 e. The molecule has 2 rings (SSSR count). The number of carbonyl (C=O) groups is 1. The molecular weight excluding hydrogens is 206 g/mol. The van der Waals surface area contributed by atoms with E-state index >= 15 is 0 Å². The van der Waals surface area contributed by atoms with E-state index in [1.54, 1.807) is 25.4 Å². The number of aromatic amines is 1. The van der Waals surface area contributed by atoms with Gasteiger partial charge in [-0.3, -0.25) is 15.2 Å². The first-order valence-electron chi connectivity index (χ1n) is 4.70. The van der Waals surface area contributed by atoms with Crippen molar-refractivity contribution in [2.75, 3.05) is 0 Å². The first-order valence-corrected chi connectivity index (χ1v) is 4.70. The molecule has 16 heavy (non-hydrogen) atoms. The summed E-state index contributed by atoms with van der Waals surface area (Å²) in [7, 11) is 0. The zero-order valence-electron chi connectivity index (χ0n) is 8.69. The Morgan fingerprint density at radius 2 is 2.38 bits per heavy atom. The summed E-state index contributed by atoms with van der Waals surface area (Å²) in [5.74, 6) is 5.24. The molecule has 2 aromatic rings. The molecule has 0 radical (unpaired) electrons. The van der Waals surface area contributed by atoms with E-state index in [4.69, 9.17) is 5.84 Å². The highest BCUT2D eigenvalue weighted by molar-refractivity contribution is 5.93. The number of H-pyrrole nitrogens is 1. The van der Waals surface area contributed by atoms with Gasteiger partial charge in [0.2, 0.25) is 0 Å². The Kier molecular flexibility index (Phi) is 2.65. The largest absolute Gasteiger partial charge is 0.341 e. The summed E-state index contributed by atoms with van der Waals surface area (Å²) >= 11 is 0. The Morgan fingerprint density at radius 3 is 3.00 bits per heavy atom. The molecule has 0 bridgehead atoms. The van der Waals surface area contributed by atoms with Crippen LogP contribution in [0.1, 0.15) is 16.2 Å². The van der Waals surface area contributed by atoms with Crippen LogP contribution in [0.4, 0.5) is 0 Å². The normalized spacial score (nSPS) is 10.1. The second-order valence-electron chi connectivity index (χ2n) is 3.27. The van der Waals surface area contributed by atoms with Gasteiger partial charge >= 0.3 is 0 Å². The van der Waals surface area contributed by atoms with Gasteiger partial charge in [0.15, 0.2) is 5.69 Å². The zero-order valence-corrected chi connectivity index (χ0v) is 8.69. The van der Waals surface area contributed by atoms with Crippen LogP contribution in [0.15, 0.2) is 24.5 Å². The summed E-state index contributed by atoms with van der Waals surface area (Å²) < 4.78 is 0. The summed E-state index contributed by atoms with van der Waals surface area (Å²) in [6.07, 6.45) is 3.34. The Bertz CT molecular complexity index is 505. The number of aromatic nitrogens is 3. The molecule has 0 unspecified atom stereocenters. The molecule has 0 aliphatic rings. The van der Waals surface area contributed by atoms with Gasteiger partial charge in [-0.15, -0.1) is 0 Å². The summed E-state index contributed by atoms with van der Waals surface area (Å²) in [6, 6.07) is 3.66. The number of nitrogens with zero attached hydrogens (tertiary/aromatic N) is 2. The van der Waals surface area contributed by atoms with E-state index < -0.39 is 5.91 Å². The SMILES string of the molecule is Cc1[nH]c(-c2cccnc2)nc1C(=O)NN. The summed E-state index contributed by atoms with van der Waals surface area (Å²) in [6.45, 7) is 1.76. The molecule has 6 heteroatoms. The minimum atomic E-state index is -0.413. The van der Waals surface area contributed by atoms with E-state index in [-0.39, 0.29) is 0 Å². The lowest BCUT2D eigenvalue weighted by molar-refractivity contribution is 0.0948. The number of carbonyl (C=O) groups excluding carboxylic acids is 1. The molecule has 0 saturated carbocycles. The summed E-state index contributed by atoms with van der Waals surface area (Å²) in [4.78, 5) is 22.5. The van der Waals surface area contributed by atoms with Crippen molar-refractivity contribution in [3.63, 3.8) is 0 Å². The van der Waals surface area contributed by atoms with Crippen LogP contribution in [0.3, 0.4) is 0 Å². The average molecular weight is 217 g/mol. The standard InChI is InChI=1S/C10H11N5O/c1-6-8(10(16)15-11)14-9(13-6)7-3-2-4-12-5-7/h2-5H,11H2,1H3,(H,13,14)(H,15,16). The van der Waals surface area contributed by atoms with Crippen LogP contribution in [0.5, 0.6) is 0 Å². The van der Waals surface area contributed by atoms with E-state index in [2.05, 4.69) is 15.0 Å². The van der Waals surface area contributed by atoms with E-state index in [1.165, 1.54) is 0 Å². The fraction of sp³-hybridized carbons (Fsp3) is 0.100. The minimum Gasteiger partial charge on any atom is -0.341 e. The van der Waals surface area contributed by atoms with Crippen molar-refractivity contribution in [3.05, 3.63) is 35.9 Å². The predicted octanol–water partition coefficient (Wildman–Crippen LogP) is 0.384. The lowest BCUT2D eigenvalue weighted by Gasteiger charge is -1.94. The van der Waals surface area contributed by atoms with Crippen LogP contribution in [0, 0.1) is 6.92 Å². The third kappa shape index (κ3) is 1.78. The van der Waals surface area contributed by atoms with Crippen LogP contribution in [-0.2, 0) is 0 Å². The molecule has 0 saturated heterocycles. The van der Waals surface area contributed by atoms with Gasteiger partial charge in [0.25, 0.3) is 5.91 Å². The van der Waals surface area contributed by atoms with Crippen molar-refractivity contribution in [1.82, 2.24) is 20.4 Å². The first kappa shape index (κ1) is 10.3. The highest BCUT2D eigenvalue weighted by atomic mass is 16.2. The number of hydrogen-bond donors (Lipinski definition) is 3. The van der Waals surface area contributed by atoms with Crippen LogP contribution >= 0.6 is 0 Å². The minimum absolute atomic E-state index is 0.293. The van der Waals surface area contributed by atoms with Gasteiger partial charge in [-0.1, -0.05) is 0 Å². The molecular formula is C10H11N5O. The van der Waals surface area contributed by atoms with Gasteiger partial charge in [-0.05, 0) is 19.1 Å². The number of nitrogens with two attached hydrogens (primary N) is 1. The van der Waals surface area contributed by atoms with Crippen molar-refractivity contribution < 1.29 is 4.79 Å². The molecule has 0 atom stereocenters. The Morgan fingerprint density at radius 1 is 1.56 bits per heavy atom. The average Bonchev–Trinajstić information content (AvgIpc) is 2.71. The number of nitrogen functional groups attached to an aromatic ring is 1. The topological polar surface area (TPSA) is 96.7 Å². The quantitative estimate of drug-likeness (QED) is 0.385. The third-order valence-electron chi connectivity index (χ3n) is 2.17. The maximum atomic E-state index is 11.3. The van der Waals surface area contributed by atoms with E-state index in [9.17, 15) is 4.79 Å². The number of hydrazine groups is 1. The maximum absolute atomic E-state index is 11.3. The van der Waals surface area contributed by atoms with Crippen LogP contribution in [0.2, 0.25) is 0 Å². The number of rotatable bonds is 2. The third-order valence-corrected chi connectivity index (χ3v) is 2.17. The lowest BCUT2D eigenvalue weighted by atomic mass is 10.3. The van der Waals surface area contributed by atoms with Gasteiger partial charge in [-0.25, -0.2) is 10.8 Å². The Hall–Kier alpha value is -2.21. The van der Waals surface area contributed by atoms with Crippen molar-refractivity contribution in [2.24, 2.45) is 5.84 Å². The van der Waals surface area contributed by atoms with Gasteiger partial charge in [-0.2, -0.15) is 0 Å². The second-order valence-corrected chi connectivity index (χ2v) is 3.27. The molecule has 2 heterocycles. The van der Waals surface area contributed by atoms with Crippen LogP contribution in [-0.4, -0.2) is 20.9 Å². The molecule has 0 aliphatic heterocycles. The molecule has 0 spiro atoms. The number of hydrogen-bond acceptors (Lipinski definition) is 4. The van der Waals surface area contributed by atoms with Crippen LogP contribution < -0.4 is 11.3 Å². The Balaban J connectivity index is 2.42.